The summed E-state index contributed by atoms with van der Waals surface area (Å²) >= 11 is 3.36. The van der Waals surface area contributed by atoms with E-state index in [0.717, 1.165) is 10.0 Å². The van der Waals surface area contributed by atoms with Crippen molar-refractivity contribution in [2.45, 2.75) is 13.0 Å². The van der Waals surface area contributed by atoms with Crippen molar-refractivity contribution in [1.82, 2.24) is 5.32 Å². The van der Waals surface area contributed by atoms with Crippen molar-refractivity contribution in [2.24, 2.45) is 0 Å². The highest BCUT2D eigenvalue weighted by atomic mass is 79.9. The maximum absolute atomic E-state index is 13.3. The lowest BCUT2D eigenvalue weighted by molar-refractivity contribution is -0.123. The van der Waals surface area contributed by atoms with Crippen LogP contribution in [-0.4, -0.2) is 12.5 Å². The van der Waals surface area contributed by atoms with Crippen LogP contribution in [0.1, 0.15) is 18.5 Å². The van der Waals surface area contributed by atoms with Crippen molar-refractivity contribution in [3.63, 3.8) is 0 Å². The normalized spacial score (nSPS) is 11.8. The molecule has 1 amide bonds. The van der Waals surface area contributed by atoms with E-state index in [2.05, 4.69) is 21.2 Å². The number of nitrogens with one attached hydrogen (secondary N) is 1. The molecule has 2 aromatic carbocycles. The second-order valence-corrected chi connectivity index (χ2v) is 5.48. The molecule has 0 aromatic heterocycles. The molecule has 3 nitrogen and oxygen atoms in total. The van der Waals surface area contributed by atoms with Gasteiger partial charge in [-0.2, -0.15) is 0 Å². The Morgan fingerprint density at radius 2 is 1.90 bits per heavy atom. The standard InChI is InChI=1S/C16H15BrFNO2/c1-11(12-6-8-13(17)9-7-12)19-16(20)10-21-15-5-3-2-4-14(15)18/h2-9,11H,10H2,1H3,(H,19,20)/t11-/m1/s1. The topological polar surface area (TPSA) is 38.3 Å². The molecule has 2 rings (SSSR count). The summed E-state index contributed by atoms with van der Waals surface area (Å²) < 4.78 is 19.5. The Hall–Kier alpha value is -1.88. The second-order valence-electron chi connectivity index (χ2n) is 4.56. The minimum atomic E-state index is -0.480. The highest BCUT2D eigenvalue weighted by Gasteiger charge is 2.11. The highest BCUT2D eigenvalue weighted by Crippen LogP contribution is 2.17. The molecule has 0 aliphatic heterocycles. The number of benzene rings is 2. The Morgan fingerprint density at radius 3 is 2.57 bits per heavy atom. The summed E-state index contributed by atoms with van der Waals surface area (Å²) in [6, 6.07) is 13.5. The summed E-state index contributed by atoms with van der Waals surface area (Å²) in [5, 5.41) is 2.80. The van der Waals surface area contributed by atoms with Crippen LogP contribution in [0.15, 0.2) is 53.0 Å². The van der Waals surface area contributed by atoms with Crippen LogP contribution in [0.25, 0.3) is 0 Å². The molecule has 110 valence electrons. The lowest BCUT2D eigenvalue weighted by Crippen LogP contribution is -2.31. The molecule has 2 aromatic rings. The minimum Gasteiger partial charge on any atom is -0.481 e. The molecular weight excluding hydrogens is 337 g/mol. The Balaban J connectivity index is 1.87. The average molecular weight is 352 g/mol. The summed E-state index contributed by atoms with van der Waals surface area (Å²) in [7, 11) is 0. The molecule has 0 aliphatic carbocycles. The molecule has 5 heteroatoms. The molecule has 0 saturated heterocycles. The third-order valence-corrected chi connectivity index (χ3v) is 3.47. The number of rotatable bonds is 5. The van der Waals surface area contributed by atoms with E-state index in [0.29, 0.717) is 0 Å². The van der Waals surface area contributed by atoms with Crippen LogP contribution in [0.2, 0.25) is 0 Å². The maximum Gasteiger partial charge on any atom is 0.258 e. The van der Waals surface area contributed by atoms with Crippen LogP contribution in [0.3, 0.4) is 0 Å². The summed E-state index contributed by atoms with van der Waals surface area (Å²) in [5.41, 5.74) is 0.984. The number of ether oxygens (including phenoxy) is 1. The summed E-state index contributed by atoms with van der Waals surface area (Å²) in [4.78, 5) is 11.8. The summed E-state index contributed by atoms with van der Waals surface area (Å²) in [6.45, 7) is 1.66. The van der Waals surface area contributed by atoms with Gasteiger partial charge in [0.1, 0.15) is 0 Å². The predicted molar refractivity (Wildman–Crippen MR) is 82.6 cm³/mol. The van der Waals surface area contributed by atoms with Gasteiger partial charge in [-0.3, -0.25) is 4.79 Å². The predicted octanol–water partition coefficient (Wildman–Crippen LogP) is 3.84. The number of amides is 1. The van der Waals surface area contributed by atoms with Gasteiger partial charge in [0.2, 0.25) is 0 Å². The van der Waals surface area contributed by atoms with Gasteiger partial charge >= 0.3 is 0 Å². The van der Waals surface area contributed by atoms with Crippen molar-refractivity contribution in [3.8, 4) is 5.75 Å². The van der Waals surface area contributed by atoms with E-state index in [1.165, 1.54) is 12.1 Å². The zero-order chi connectivity index (χ0) is 15.2. The summed E-state index contributed by atoms with van der Waals surface area (Å²) in [6.07, 6.45) is 0. The second kappa shape index (κ2) is 7.22. The van der Waals surface area contributed by atoms with Gasteiger partial charge in [0.15, 0.2) is 18.2 Å². The van der Waals surface area contributed by atoms with Gasteiger partial charge in [0, 0.05) is 4.47 Å². The Labute approximate surface area is 131 Å². The first-order valence-electron chi connectivity index (χ1n) is 6.48. The molecule has 0 aliphatic rings. The van der Waals surface area contributed by atoms with Crippen LogP contribution in [-0.2, 0) is 4.79 Å². The fraction of sp³-hybridized carbons (Fsp3) is 0.188. The Bertz CT molecular complexity index is 616. The highest BCUT2D eigenvalue weighted by molar-refractivity contribution is 9.10. The fourth-order valence-corrected chi connectivity index (χ4v) is 2.09. The van der Waals surface area contributed by atoms with Crippen molar-refractivity contribution < 1.29 is 13.9 Å². The van der Waals surface area contributed by atoms with E-state index < -0.39 is 5.82 Å². The third-order valence-electron chi connectivity index (χ3n) is 2.94. The smallest absolute Gasteiger partial charge is 0.258 e. The lowest BCUT2D eigenvalue weighted by Gasteiger charge is -2.15. The number of carbonyl (C=O) groups is 1. The molecule has 0 radical (unpaired) electrons. The van der Waals surface area contributed by atoms with Gasteiger partial charge in [-0.1, -0.05) is 40.2 Å². The molecule has 0 saturated carbocycles. The third kappa shape index (κ3) is 4.56. The van der Waals surface area contributed by atoms with Crippen LogP contribution >= 0.6 is 15.9 Å². The molecule has 0 unspecified atom stereocenters. The van der Waals surface area contributed by atoms with Crippen molar-refractivity contribution in [1.29, 1.82) is 0 Å². The molecule has 21 heavy (non-hydrogen) atoms. The average Bonchev–Trinajstić information content (AvgIpc) is 2.47. The number of hydrogen-bond donors (Lipinski definition) is 1. The molecular formula is C16H15BrFNO2. The maximum atomic E-state index is 13.3. The van der Waals surface area contributed by atoms with E-state index in [1.807, 2.05) is 31.2 Å². The zero-order valence-electron chi connectivity index (χ0n) is 11.5. The van der Waals surface area contributed by atoms with Gasteiger partial charge in [-0.15, -0.1) is 0 Å². The van der Waals surface area contributed by atoms with E-state index in [-0.39, 0.29) is 24.3 Å². The molecule has 1 atom stereocenters. The summed E-state index contributed by atoms with van der Waals surface area (Å²) in [5.74, 6) is -0.705. The SMILES string of the molecule is C[C@@H](NC(=O)COc1ccccc1F)c1ccc(Br)cc1. The van der Waals surface area contributed by atoms with Gasteiger partial charge < -0.3 is 10.1 Å². The first kappa shape index (κ1) is 15.5. The van der Waals surface area contributed by atoms with Gasteiger partial charge in [-0.25, -0.2) is 4.39 Å². The van der Waals surface area contributed by atoms with Gasteiger partial charge in [0.25, 0.3) is 5.91 Å². The van der Waals surface area contributed by atoms with Crippen molar-refractivity contribution in [3.05, 3.63) is 64.4 Å². The molecule has 0 fully saturated rings. The van der Waals surface area contributed by atoms with E-state index in [4.69, 9.17) is 4.74 Å². The number of halogens is 2. The van der Waals surface area contributed by atoms with Crippen LogP contribution in [0.5, 0.6) is 5.75 Å². The Kier molecular flexibility index (Phi) is 5.33. The molecule has 1 N–H and O–H groups in total. The lowest BCUT2D eigenvalue weighted by atomic mass is 10.1. The first-order valence-corrected chi connectivity index (χ1v) is 7.27. The van der Waals surface area contributed by atoms with Crippen LogP contribution in [0, 0.1) is 5.82 Å². The van der Waals surface area contributed by atoms with Gasteiger partial charge in [0.05, 0.1) is 6.04 Å². The quantitative estimate of drug-likeness (QED) is 0.888. The van der Waals surface area contributed by atoms with Gasteiger partial charge in [-0.05, 0) is 36.8 Å². The molecule has 0 heterocycles. The number of para-hydroxylation sites is 1. The zero-order valence-corrected chi connectivity index (χ0v) is 13.1. The number of carbonyl (C=O) groups excluding carboxylic acids is 1. The Morgan fingerprint density at radius 1 is 1.24 bits per heavy atom. The van der Waals surface area contributed by atoms with E-state index in [1.54, 1.807) is 12.1 Å². The largest absolute Gasteiger partial charge is 0.481 e. The minimum absolute atomic E-state index is 0.0731. The van der Waals surface area contributed by atoms with Crippen molar-refractivity contribution >= 4 is 21.8 Å². The van der Waals surface area contributed by atoms with Crippen LogP contribution < -0.4 is 10.1 Å². The fourth-order valence-electron chi connectivity index (χ4n) is 1.82. The van der Waals surface area contributed by atoms with Crippen molar-refractivity contribution in [2.75, 3.05) is 6.61 Å². The molecule has 0 spiro atoms. The van der Waals surface area contributed by atoms with Crippen LogP contribution in [0.4, 0.5) is 4.39 Å². The number of hydrogen-bond acceptors (Lipinski definition) is 2. The monoisotopic (exact) mass is 351 g/mol. The molecule has 0 bridgehead atoms. The first-order chi connectivity index (χ1) is 10.1. The van der Waals surface area contributed by atoms with E-state index in [9.17, 15) is 9.18 Å². The van der Waals surface area contributed by atoms with E-state index >= 15 is 0 Å².